The molecule has 2 aromatic carbocycles. The highest BCUT2D eigenvalue weighted by Gasteiger charge is 2.14. The molecule has 3 rings (SSSR count). The van der Waals surface area contributed by atoms with Gasteiger partial charge in [-0.15, -0.1) is 0 Å². The zero-order chi connectivity index (χ0) is 21.8. The molecule has 1 aromatic heterocycles. The number of carbonyl (C=O) groups excluding carboxylic acids is 1. The van der Waals surface area contributed by atoms with Crippen molar-refractivity contribution in [3.05, 3.63) is 81.6 Å². The molecule has 3 aromatic rings. The number of nitrogens with one attached hydrogen (secondary N) is 1. The van der Waals surface area contributed by atoms with Crippen molar-refractivity contribution in [2.24, 2.45) is 0 Å². The van der Waals surface area contributed by atoms with E-state index in [1.54, 1.807) is 56.3 Å². The molecule has 1 amide bonds. The van der Waals surface area contributed by atoms with Gasteiger partial charge in [0, 0.05) is 22.3 Å². The van der Waals surface area contributed by atoms with Gasteiger partial charge in [-0.1, -0.05) is 23.7 Å². The molecule has 0 spiro atoms. The molecular weight excluding hydrogens is 404 g/mol. The second-order valence-electron chi connectivity index (χ2n) is 6.57. The minimum absolute atomic E-state index is 0.131. The van der Waals surface area contributed by atoms with Gasteiger partial charge in [0.05, 0.1) is 5.56 Å². The molecule has 6 nitrogen and oxygen atoms in total. The highest BCUT2D eigenvalue weighted by molar-refractivity contribution is 6.31. The summed E-state index contributed by atoms with van der Waals surface area (Å²) in [4.78, 5) is 23.6. The van der Waals surface area contributed by atoms with E-state index in [0.717, 1.165) is 11.1 Å². The second kappa shape index (κ2) is 8.68. The maximum atomic E-state index is 12.5. The lowest BCUT2D eigenvalue weighted by atomic mass is 10.0. The number of hydrogen-bond acceptors (Lipinski definition) is 4. The van der Waals surface area contributed by atoms with E-state index >= 15 is 0 Å². The largest absolute Gasteiger partial charge is 0.478 e. The molecule has 0 unspecified atom stereocenters. The van der Waals surface area contributed by atoms with Crippen LogP contribution in [0.1, 0.15) is 27.2 Å². The van der Waals surface area contributed by atoms with Crippen molar-refractivity contribution in [2.75, 3.05) is 5.32 Å². The summed E-state index contributed by atoms with van der Waals surface area (Å²) in [6.07, 6.45) is 1.35. The average Bonchev–Trinajstić information content (AvgIpc) is 3.17. The first-order chi connectivity index (χ1) is 14.3. The second-order valence-corrected chi connectivity index (χ2v) is 6.98. The normalized spacial score (nSPS) is 11.1. The van der Waals surface area contributed by atoms with Gasteiger partial charge in [0.25, 0.3) is 5.91 Å². The number of furan rings is 1. The summed E-state index contributed by atoms with van der Waals surface area (Å²) in [5, 5.41) is 21.7. The van der Waals surface area contributed by atoms with Gasteiger partial charge < -0.3 is 14.8 Å². The van der Waals surface area contributed by atoms with E-state index in [-0.39, 0.29) is 11.1 Å². The Morgan fingerprint density at radius 3 is 2.60 bits per heavy atom. The average molecular weight is 421 g/mol. The standard InChI is InChI=1S/C23H17ClN2O4/c1-13-10-15(23(28)29)6-8-18(13)21-9-7-17(30-21)11-16(12-25)22(27)26-20-5-3-4-19(24)14(20)2/h3-11H,1-2H3,(H,26,27)(H,28,29)/b16-11-. The molecule has 0 saturated heterocycles. The van der Waals surface area contributed by atoms with Crippen molar-refractivity contribution in [2.45, 2.75) is 13.8 Å². The number of aryl methyl sites for hydroxylation is 1. The number of nitriles is 1. The first kappa shape index (κ1) is 20.9. The van der Waals surface area contributed by atoms with Crippen LogP contribution in [0.3, 0.4) is 0 Å². The van der Waals surface area contributed by atoms with Gasteiger partial charge in [-0.05, 0) is 61.4 Å². The van der Waals surface area contributed by atoms with Crippen LogP contribution >= 0.6 is 11.6 Å². The van der Waals surface area contributed by atoms with E-state index in [0.29, 0.717) is 27.8 Å². The Kier molecular flexibility index (Phi) is 6.05. The van der Waals surface area contributed by atoms with Crippen LogP contribution in [-0.2, 0) is 4.79 Å². The lowest BCUT2D eigenvalue weighted by Gasteiger charge is -2.08. The maximum Gasteiger partial charge on any atom is 0.335 e. The Balaban J connectivity index is 1.85. The molecule has 0 bridgehead atoms. The molecule has 0 aliphatic carbocycles. The van der Waals surface area contributed by atoms with Gasteiger partial charge in [0.15, 0.2) is 0 Å². The third kappa shape index (κ3) is 4.43. The summed E-state index contributed by atoms with van der Waals surface area (Å²) in [5.74, 6) is -0.768. The summed E-state index contributed by atoms with van der Waals surface area (Å²) in [6.45, 7) is 3.55. The van der Waals surface area contributed by atoms with Gasteiger partial charge in [-0.2, -0.15) is 5.26 Å². The first-order valence-corrected chi connectivity index (χ1v) is 9.30. The highest BCUT2D eigenvalue weighted by atomic mass is 35.5. The number of carboxylic acids is 1. The third-order valence-electron chi connectivity index (χ3n) is 4.53. The van der Waals surface area contributed by atoms with Crippen molar-refractivity contribution < 1.29 is 19.1 Å². The molecule has 0 saturated carbocycles. The number of halogens is 1. The molecule has 0 atom stereocenters. The summed E-state index contributed by atoms with van der Waals surface area (Å²) in [6, 6.07) is 15.0. The number of benzene rings is 2. The fourth-order valence-corrected chi connectivity index (χ4v) is 3.05. The number of nitrogens with zero attached hydrogens (tertiary/aromatic N) is 1. The predicted octanol–water partition coefficient (Wildman–Crippen LogP) is 5.46. The first-order valence-electron chi connectivity index (χ1n) is 8.92. The number of hydrogen-bond donors (Lipinski definition) is 2. The summed E-state index contributed by atoms with van der Waals surface area (Å²) >= 11 is 6.06. The minimum atomic E-state index is -1.01. The molecular formula is C23H17ClN2O4. The van der Waals surface area contributed by atoms with E-state index in [1.807, 2.05) is 6.07 Å². The van der Waals surface area contributed by atoms with E-state index in [1.165, 1.54) is 12.1 Å². The lowest BCUT2D eigenvalue weighted by molar-refractivity contribution is -0.112. The Morgan fingerprint density at radius 2 is 1.93 bits per heavy atom. The maximum absolute atomic E-state index is 12.5. The SMILES string of the molecule is Cc1cc(C(=O)O)ccc1-c1ccc(/C=C(/C#N)C(=O)Nc2cccc(Cl)c2C)o1. The Bertz CT molecular complexity index is 1220. The van der Waals surface area contributed by atoms with Crippen molar-refractivity contribution in [1.82, 2.24) is 0 Å². The predicted molar refractivity (Wildman–Crippen MR) is 114 cm³/mol. The van der Waals surface area contributed by atoms with Gasteiger partial charge >= 0.3 is 5.97 Å². The van der Waals surface area contributed by atoms with Gasteiger partial charge in [-0.3, -0.25) is 4.79 Å². The van der Waals surface area contributed by atoms with Crippen LogP contribution in [0, 0.1) is 25.2 Å². The van der Waals surface area contributed by atoms with Gasteiger partial charge in [-0.25, -0.2) is 4.79 Å². The van der Waals surface area contributed by atoms with Gasteiger partial charge in [0.2, 0.25) is 0 Å². The quantitative estimate of drug-likeness (QED) is 0.421. The number of anilines is 1. The number of amides is 1. The Morgan fingerprint density at radius 1 is 1.17 bits per heavy atom. The molecule has 7 heteroatoms. The smallest absolute Gasteiger partial charge is 0.335 e. The van der Waals surface area contributed by atoms with E-state index in [4.69, 9.17) is 21.1 Å². The van der Waals surface area contributed by atoms with Crippen LogP contribution in [0.4, 0.5) is 5.69 Å². The number of carbonyl (C=O) groups is 2. The van der Waals surface area contributed by atoms with Crippen molar-refractivity contribution in [3.63, 3.8) is 0 Å². The van der Waals surface area contributed by atoms with E-state index in [9.17, 15) is 14.9 Å². The summed E-state index contributed by atoms with van der Waals surface area (Å²) in [7, 11) is 0. The molecule has 0 aliphatic rings. The summed E-state index contributed by atoms with van der Waals surface area (Å²) < 4.78 is 5.75. The monoisotopic (exact) mass is 420 g/mol. The van der Waals surface area contributed by atoms with E-state index < -0.39 is 11.9 Å². The number of aromatic carboxylic acids is 1. The molecule has 0 aliphatic heterocycles. The van der Waals surface area contributed by atoms with Crippen molar-refractivity contribution in [1.29, 1.82) is 5.26 Å². The zero-order valence-electron chi connectivity index (χ0n) is 16.2. The molecule has 150 valence electrons. The van der Waals surface area contributed by atoms with Gasteiger partial charge in [0.1, 0.15) is 23.2 Å². The zero-order valence-corrected chi connectivity index (χ0v) is 16.9. The molecule has 0 radical (unpaired) electrons. The summed E-state index contributed by atoms with van der Waals surface area (Å²) in [5.41, 5.74) is 2.72. The highest BCUT2D eigenvalue weighted by Crippen LogP contribution is 2.28. The fourth-order valence-electron chi connectivity index (χ4n) is 2.87. The number of carboxylic acid groups (broad SMARTS) is 1. The fraction of sp³-hybridized carbons (Fsp3) is 0.0870. The van der Waals surface area contributed by atoms with Crippen molar-refractivity contribution in [3.8, 4) is 17.4 Å². The van der Waals surface area contributed by atoms with Crippen LogP contribution in [0.25, 0.3) is 17.4 Å². The van der Waals surface area contributed by atoms with Crippen molar-refractivity contribution >= 4 is 35.2 Å². The van der Waals surface area contributed by atoms with E-state index in [2.05, 4.69) is 5.32 Å². The Hall–Kier alpha value is -3.82. The topological polar surface area (TPSA) is 103 Å². The third-order valence-corrected chi connectivity index (χ3v) is 4.94. The van der Waals surface area contributed by atoms with Crippen LogP contribution in [0.2, 0.25) is 5.02 Å². The lowest BCUT2D eigenvalue weighted by Crippen LogP contribution is -2.14. The Labute approximate surface area is 178 Å². The van der Waals surface area contributed by atoms with Crippen LogP contribution < -0.4 is 5.32 Å². The van der Waals surface area contributed by atoms with Crippen LogP contribution in [0.5, 0.6) is 0 Å². The molecule has 1 heterocycles. The van der Waals surface area contributed by atoms with Crippen LogP contribution in [0.15, 0.2) is 58.5 Å². The molecule has 0 fully saturated rings. The minimum Gasteiger partial charge on any atom is -0.478 e. The molecule has 30 heavy (non-hydrogen) atoms. The number of rotatable bonds is 5. The molecule has 2 N–H and O–H groups in total. The van der Waals surface area contributed by atoms with Crippen LogP contribution in [-0.4, -0.2) is 17.0 Å².